The maximum absolute atomic E-state index is 5.22. The summed E-state index contributed by atoms with van der Waals surface area (Å²) in [5.41, 5.74) is 1.35. The lowest BCUT2D eigenvalue weighted by Crippen LogP contribution is -1.88. The molecule has 0 atom stereocenters. The average Bonchev–Trinajstić information content (AvgIpc) is 2.87. The molecule has 0 aromatic heterocycles. The Morgan fingerprint density at radius 1 is 1.55 bits per heavy atom. The molecule has 0 N–H and O–H groups in total. The molecule has 1 radical (unpaired) electrons. The summed E-state index contributed by atoms with van der Waals surface area (Å²) < 4.78 is 5.22. The largest absolute Gasteiger partial charge is 0.496 e. The highest BCUT2D eigenvalue weighted by molar-refractivity contribution is 5.37. The molecule has 0 spiro atoms. The van der Waals surface area contributed by atoms with Crippen LogP contribution in [0.3, 0.4) is 0 Å². The van der Waals surface area contributed by atoms with Crippen LogP contribution in [0.2, 0.25) is 0 Å². The van der Waals surface area contributed by atoms with Gasteiger partial charge >= 0.3 is 0 Å². The summed E-state index contributed by atoms with van der Waals surface area (Å²) in [7, 11) is 1.72. The van der Waals surface area contributed by atoms with Crippen LogP contribution >= 0.6 is 0 Å². The van der Waals surface area contributed by atoms with Gasteiger partial charge in [0.1, 0.15) is 5.75 Å². The lowest BCUT2D eigenvalue weighted by atomic mass is 10.1. The highest BCUT2D eigenvalue weighted by atomic mass is 16.5. The van der Waals surface area contributed by atoms with Crippen LogP contribution in [-0.4, -0.2) is 7.11 Å². The predicted molar refractivity (Wildman–Crippen MR) is 43.8 cm³/mol. The maximum Gasteiger partial charge on any atom is 0.122 e. The summed E-state index contributed by atoms with van der Waals surface area (Å²) in [6, 6.07) is 8.98. The Balaban J connectivity index is 2.34. The number of rotatable bonds is 2. The van der Waals surface area contributed by atoms with Gasteiger partial charge in [-0.2, -0.15) is 0 Å². The van der Waals surface area contributed by atoms with E-state index in [-0.39, 0.29) is 0 Å². The van der Waals surface area contributed by atoms with Crippen LogP contribution in [0.4, 0.5) is 0 Å². The Labute approximate surface area is 67.0 Å². The summed E-state index contributed by atoms with van der Waals surface area (Å²) in [5.74, 6) is 1.76. The van der Waals surface area contributed by atoms with Gasteiger partial charge in [0, 0.05) is 0 Å². The van der Waals surface area contributed by atoms with E-state index < -0.39 is 0 Å². The van der Waals surface area contributed by atoms with Crippen molar-refractivity contribution < 1.29 is 4.74 Å². The van der Waals surface area contributed by atoms with E-state index in [0.29, 0.717) is 0 Å². The molecule has 1 aromatic carbocycles. The van der Waals surface area contributed by atoms with Crippen molar-refractivity contribution in [3.05, 3.63) is 29.8 Å². The summed E-state index contributed by atoms with van der Waals surface area (Å²) >= 11 is 0. The van der Waals surface area contributed by atoms with Gasteiger partial charge in [-0.1, -0.05) is 12.1 Å². The van der Waals surface area contributed by atoms with Crippen LogP contribution in [0.1, 0.15) is 24.3 Å². The van der Waals surface area contributed by atoms with Gasteiger partial charge in [0.2, 0.25) is 0 Å². The molecular weight excluding hydrogens is 136 g/mol. The zero-order valence-corrected chi connectivity index (χ0v) is 6.63. The first-order chi connectivity index (χ1) is 5.42. The van der Waals surface area contributed by atoms with Crippen molar-refractivity contribution in [2.75, 3.05) is 7.11 Å². The summed E-state index contributed by atoms with van der Waals surface area (Å²) in [6.07, 6.45) is 2.64. The number of methoxy groups -OCH3 is 1. The van der Waals surface area contributed by atoms with Gasteiger partial charge in [0.05, 0.1) is 7.11 Å². The first-order valence-corrected chi connectivity index (χ1v) is 3.96. The lowest BCUT2D eigenvalue weighted by molar-refractivity contribution is 0.409. The van der Waals surface area contributed by atoms with Crippen LogP contribution in [-0.2, 0) is 0 Å². The van der Waals surface area contributed by atoms with Crippen molar-refractivity contribution in [2.45, 2.75) is 18.8 Å². The minimum absolute atomic E-state index is 0.763. The van der Waals surface area contributed by atoms with Gasteiger partial charge in [-0.25, -0.2) is 0 Å². The SMILES string of the molecule is COc1c[c]ccc1C1CC1. The van der Waals surface area contributed by atoms with Crippen molar-refractivity contribution in [1.82, 2.24) is 0 Å². The Bertz CT molecular complexity index is 251. The van der Waals surface area contributed by atoms with Crippen LogP contribution < -0.4 is 4.74 Å². The number of ether oxygens (including phenoxy) is 1. The highest BCUT2D eigenvalue weighted by Crippen LogP contribution is 2.43. The Morgan fingerprint density at radius 2 is 2.36 bits per heavy atom. The molecular formula is C10H11O. The third-order valence-corrected chi connectivity index (χ3v) is 2.10. The molecule has 11 heavy (non-hydrogen) atoms. The lowest BCUT2D eigenvalue weighted by Gasteiger charge is -2.04. The van der Waals surface area contributed by atoms with Gasteiger partial charge in [-0.15, -0.1) is 0 Å². The Morgan fingerprint density at radius 3 is 3.00 bits per heavy atom. The fourth-order valence-corrected chi connectivity index (χ4v) is 1.34. The molecule has 0 saturated heterocycles. The van der Waals surface area contributed by atoms with Gasteiger partial charge in [0.15, 0.2) is 0 Å². The number of benzene rings is 1. The van der Waals surface area contributed by atoms with Gasteiger partial charge in [0.25, 0.3) is 0 Å². The standard InChI is InChI=1S/C10H11O/c1-11-10-5-3-2-4-9(10)8-6-7-8/h2,4-5,8H,6-7H2,1H3. The zero-order valence-electron chi connectivity index (χ0n) is 6.63. The molecule has 1 aromatic rings. The molecule has 1 fully saturated rings. The Hall–Kier alpha value is -0.980. The fourth-order valence-electron chi connectivity index (χ4n) is 1.34. The Kier molecular flexibility index (Phi) is 1.57. The van der Waals surface area contributed by atoms with Crippen molar-refractivity contribution in [1.29, 1.82) is 0 Å². The molecule has 0 bridgehead atoms. The van der Waals surface area contributed by atoms with E-state index in [1.807, 2.05) is 12.1 Å². The monoisotopic (exact) mass is 147 g/mol. The van der Waals surface area contributed by atoms with Crippen LogP contribution in [0.25, 0.3) is 0 Å². The van der Waals surface area contributed by atoms with E-state index in [1.54, 1.807) is 7.11 Å². The average molecular weight is 147 g/mol. The summed E-state index contributed by atoms with van der Waals surface area (Å²) in [5, 5.41) is 0. The second kappa shape index (κ2) is 2.57. The molecule has 1 heteroatoms. The topological polar surface area (TPSA) is 9.23 Å². The smallest absolute Gasteiger partial charge is 0.122 e. The fraction of sp³-hybridized carbons (Fsp3) is 0.400. The molecule has 1 aliphatic rings. The molecule has 0 aliphatic heterocycles. The molecule has 1 aliphatic carbocycles. The van der Waals surface area contributed by atoms with E-state index >= 15 is 0 Å². The van der Waals surface area contributed by atoms with Crippen molar-refractivity contribution in [3.63, 3.8) is 0 Å². The van der Waals surface area contributed by atoms with Gasteiger partial charge in [-0.3, -0.25) is 0 Å². The number of hydrogen-bond donors (Lipinski definition) is 0. The van der Waals surface area contributed by atoms with E-state index in [9.17, 15) is 0 Å². The zero-order chi connectivity index (χ0) is 7.68. The molecule has 57 valence electrons. The molecule has 0 amide bonds. The van der Waals surface area contributed by atoms with Crippen LogP contribution in [0.5, 0.6) is 5.75 Å². The van der Waals surface area contributed by atoms with Crippen LogP contribution in [0, 0.1) is 6.07 Å². The first-order valence-electron chi connectivity index (χ1n) is 3.96. The third-order valence-electron chi connectivity index (χ3n) is 2.10. The summed E-state index contributed by atoms with van der Waals surface area (Å²) in [6.45, 7) is 0. The van der Waals surface area contributed by atoms with E-state index in [1.165, 1.54) is 18.4 Å². The number of hydrogen-bond acceptors (Lipinski definition) is 1. The second-order valence-electron chi connectivity index (χ2n) is 2.94. The van der Waals surface area contributed by atoms with Crippen molar-refractivity contribution in [3.8, 4) is 5.75 Å². The quantitative estimate of drug-likeness (QED) is 0.624. The van der Waals surface area contributed by atoms with E-state index in [2.05, 4.69) is 12.1 Å². The molecule has 1 saturated carbocycles. The molecule has 0 heterocycles. The molecule has 1 nitrogen and oxygen atoms in total. The van der Waals surface area contributed by atoms with Crippen LogP contribution in [0.15, 0.2) is 18.2 Å². The van der Waals surface area contributed by atoms with Gasteiger partial charge in [-0.05, 0) is 36.5 Å². The predicted octanol–water partition coefficient (Wildman–Crippen LogP) is 2.37. The third kappa shape index (κ3) is 1.23. The van der Waals surface area contributed by atoms with Crippen molar-refractivity contribution in [2.24, 2.45) is 0 Å². The van der Waals surface area contributed by atoms with Crippen molar-refractivity contribution >= 4 is 0 Å². The first kappa shape index (κ1) is 6.71. The minimum atomic E-state index is 0.763. The van der Waals surface area contributed by atoms with E-state index in [4.69, 9.17) is 4.74 Å². The van der Waals surface area contributed by atoms with E-state index in [0.717, 1.165) is 11.7 Å². The summed E-state index contributed by atoms with van der Waals surface area (Å²) in [4.78, 5) is 0. The second-order valence-corrected chi connectivity index (χ2v) is 2.94. The molecule has 0 unspecified atom stereocenters. The maximum atomic E-state index is 5.22. The minimum Gasteiger partial charge on any atom is -0.496 e. The molecule has 2 rings (SSSR count). The highest BCUT2D eigenvalue weighted by Gasteiger charge is 2.25. The van der Waals surface area contributed by atoms with Gasteiger partial charge < -0.3 is 4.74 Å². The normalized spacial score (nSPS) is 16.5.